The number of hydrogen-bond donors (Lipinski definition) is 2. The van der Waals surface area contributed by atoms with Crippen LogP contribution in [0.5, 0.6) is 0 Å². The van der Waals surface area contributed by atoms with E-state index in [0.29, 0.717) is 5.57 Å². The molecule has 1 radical (unpaired) electrons. The molecular formula is C24H30CoN5O9-3. The van der Waals surface area contributed by atoms with Crippen LogP contribution in [-0.4, -0.2) is 43.4 Å². The molecule has 14 nitrogen and oxygen atoms in total. The number of esters is 2. The molecule has 217 valence electrons. The molecule has 0 saturated carbocycles. The average Bonchev–Trinajstić information content (AvgIpc) is 3.53. The molecule has 1 fully saturated rings. The molecule has 0 aromatic carbocycles. The van der Waals surface area contributed by atoms with Crippen molar-refractivity contribution in [2.45, 2.75) is 39.9 Å². The summed E-state index contributed by atoms with van der Waals surface area (Å²) in [5.41, 5.74) is 5.10. The van der Waals surface area contributed by atoms with Crippen molar-refractivity contribution in [3.05, 3.63) is 103 Å². The summed E-state index contributed by atoms with van der Waals surface area (Å²) in [5.74, 6) is -1.15. The number of hydrogen-bond acceptors (Lipinski definition) is 14. The van der Waals surface area contributed by atoms with Crippen LogP contribution in [0.4, 0.5) is 0 Å². The molecule has 1 aromatic heterocycles. The molecule has 0 spiro atoms. The molecule has 3 rings (SSSR count). The monoisotopic (exact) mass is 591 g/mol. The summed E-state index contributed by atoms with van der Waals surface area (Å²) < 4.78 is 14.7. The molecule has 2 atom stereocenters. The Kier molecular flexibility index (Phi) is 19.2. The molecule has 2 N–H and O–H groups in total. The van der Waals surface area contributed by atoms with Gasteiger partial charge in [0.15, 0.2) is 0 Å². The van der Waals surface area contributed by atoms with Crippen LogP contribution in [0.1, 0.15) is 27.7 Å². The second-order valence-electron chi connectivity index (χ2n) is 7.32. The Morgan fingerprint density at radius 2 is 1.36 bits per heavy atom. The van der Waals surface area contributed by atoms with Crippen molar-refractivity contribution in [1.29, 1.82) is 0 Å². The molecule has 1 aromatic rings. The summed E-state index contributed by atoms with van der Waals surface area (Å²) in [7, 11) is 2.51. The SMILES string of the molecule is C/C(N=O)=C(\C)N[O-].C/C(N=O)=C(\C)N[O-].C=C1[CH-][C@H]2O[C@@H]1C(C(=O)OC)=C2C(=O)OC.[Co].c1ccncc1. The van der Waals surface area contributed by atoms with Gasteiger partial charge in [0.25, 0.3) is 0 Å². The minimum Gasteiger partial charge on any atom is -0.761 e. The van der Waals surface area contributed by atoms with Crippen molar-refractivity contribution in [2.24, 2.45) is 10.4 Å². The van der Waals surface area contributed by atoms with Gasteiger partial charge in [0.2, 0.25) is 0 Å². The van der Waals surface area contributed by atoms with E-state index in [4.69, 9.17) is 4.74 Å². The molecule has 3 heterocycles. The fourth-order valence-corrected chi connectivity index (χ4v) is 2.51. The van der Waals surface area contributed by atoms with Gasteiger partial charge in [-0.1, -0.05) is 6.07 Å². The minimum atomic E-state index is -0.581. The number of nitroso groups, excluding NO2 is 2. The van der Waals surface area contributed by atoms with E-state index in [0.717, 1.165) is 0 Å². The largest absolute Gasteiger partial charge is 0.761 e. The normalized spacial score (nSPS) is 17.3. The van der Waals surface area contributed by atoms with Crippen molar-refractivity contribution >= 4 is 11.9 Å². The number of nitrogens with zero attached hydrogens (tertiary/aromatic N) is 3. The molecular weight excluding hydrogens is 561 g/mol. The summed E-state index contributed by atoms with van der Waals surface area (Å²) in [6, 6.07) is 5.72. The van der Waals surface area contributed by atoms with E-state index in [1.807, 2.05) is 18.2 Å². The van der Waals surface area contributed by atoms with E-state index in [2.05, 4.69) is 31.4 Å². The van der Waals surface area contributed by atoms with E-state index >= 15 is 0 Å². The van der Waals surface area contributed by atoms with Crippen LogP contribution in [-0.2, 0) is 40.6 Å². The molecule has 0 unspecified atom stereocenters. The van der Waals surface area contributed by atoms with E-state index in [1.54, 1.807) is 29.8 Å². The molecule has 2 bridgehead atoms. The number of fused-ring (bicyclic) bond motifs is 2. The van der Waals surface area contributed by atoms with Crippen LogP contribution < -0.4 is 11.0 Å². The predicted molar refractivity (Wildman–Crippen MR) is 139 cm³/mol. The molecule has 2 aliphatic rings. The molecule has 39 heavy (non-hydrogen) atoms. The minimum absolute atomic E-state index is 0. The van der Waals surface area contributed by atoms with E-state index < -0.39 is 24.1 Å². The number of hydroxylamine groups is 2. The topological polar surface area (TPSA) is 204 Å². The standard InChI is InChI=1S/C11H11O5.C5H5N.2C4H7N2O2.Co/c1-5-4-6-7(10(12)14-2)8(9(5)16-6)11(13)15-3;1-2-4-6-5-3-1;2*1-3(5-7)4(2)6-8;/h4,6,9H,1H2,2-3H3;1-5H;2*5H,1-2H3;/q-1;;2*-1;/b;;2*4-3-;/t6-,9+;;;;/m1..../s1. The smallest absolute Gasteiger partial charge is 0.337 e. The molecule has 1 saturated heterocycles. The molecule has 0 amide bonds. The fourth-order valence-electron chi connectivity index (χ4n) is 2.51. The van der Waals surface area contributed by atoms with Gasteiger partial charge >= 0.3 is 11.9 Å². The summed E-state index contributed by atoms with van der Waals surface area (Å²) in [6.07, 6.45) is 4.08. The Bertz CT molecular complexity index is 1020. The van der Waals surface area contributed by atoms with Crippen molar-refractivity contribution < 1.29 is 40.6 Å². The van der Waals surface area contributed by atoms with Crippen molar-refractivity contribution in [1.82, 2.24) is 15.9 Å². The third-order valence-corrected chi connectivity index (χ3v) is 4.86. The first-order chi connectivity index (χ1) is 18.0. The van der Waals surface area contributed by atoms with Gasteiger partial charge in [-0.15, -0.1) is 9.81 Å². The number of nitrogens with one attached hydrogen (secondary N) is 2. The van der Waals surface area contributed by atoms with Crippen LogP contribution in [0.25, 0.3) is 0 Å². The number of carbonyl (C=O) groups is 2. The van der Waals surface area contributed by atoms with Crippen LogP contribution in [0, 0.1) is 26.6 Å². The zero-order valence-electron chi connectivity index (χ0n) is 22.2. The first-order valence-corrected chi connectivity index (χ1v) is 10.8. The van der Waals surface area contributed by atoms with Crippen molar-refractivity contribution in [3.63, 3.8) is 0 Å². The van der Waals surface area contributed by atoms with E-state index in [-0.39, 0.29) is 50.7 Å². The quantitative estimate of drug-likeness (QED) is 0.211. The van der Waals surface area contributed by atoms with Gasteiger partial charge < -0.3 is 35.6 Å². The number of pyridine rings is 1. The predicted octanol–water partition coefficient (Wildman–Crippen LogP) is 3.43. The molecule has 2 aliphatic heterocycles. The second-order valence-corrected chi connectivity index (χ2v) is 7.32. The van der Waals surface area contributed by atoms with Gasteiger partial charge in [-0.2, -0.15) is 12.0 Å². The summed E-state index contributed by atoms with van der Waals surface area (Å²) in [4.78, 5) is 46.1. The average molecular weight is 591 g/mol. The maximum Gasteiger partial charge on any atom is 0.337 e. The molecule has 0 aliphatic carbocycles. The number of methoxy groups -OCH3 is 2. The summed E-state index contributed by atoms with van der Waals surface area (Å²) >= 11 is 0. The summed E-state index contributed by atoms with van der Waals surface area (Å²) in [5, 5.41) is 24.5. The molecule has 15 heteroatoms. The number of carbonyl (C=O) groups excluding carboxylic acids is 2. The maximum absolute atomic E-state index is 11.6. The summed E-state index contributed by atoms with van der Waals surface area (Å²) in [6.45, 7) is 9.66. The van der Waals surface area contributed by atoms with Gasteiger partial charge in [0.05, 0.1) is 42.9 Å². The van der Waals surface area contributed by atoms with E-state index in [1.165, 1.54) is 41.9 Å². The maximum atomic E-state index is 11.6. The Balaban J connectivity index is 0. The van der Waals surface area contributed by atoms with E-state index in [9.17, 15) is 29.8 Å². The number of allylic oxidation sites excluding steroid dienone is 4. The first-order valence-electron chi connectivity index (χ1n) is 10.8. The van der Waals surface area contributed by atoms with Crippen LogP contribution in [0.2, 0.25) is 0 Å². The van der Waals surface area contributed by atoms with Gasteiger partial charge in [-0.3, -0.25) is 4.98 Å². The number of aromatic nitrogens is 1. The first kappa shape index (κ1) is 37.3. The van der Waals surface area contributed by atoms with Gasteiger partial charge in [-0.25, -0.2) is 16.2 Å². The van der Waals surface area contributed by atoms with Crippen molar-refractivity contribution in [2.75, 3.05) is 14.2 Å². The number of ether oxygens (including phenoxy) is 3. The van der Waals surface area contributed by atoms with Gasteiger partial charge in [0, 0.05) is 46.7 Å². The fraction of sp³-hybridized carbons (Fsp3) is 0.333. The Morgan fingerprint density at radius 3 is 1.64 bits per heavy atom. The third kappa shape index (κ3) is 12.0. The zero-order chi connectivity index (χ0) is 29.3. The Morgan fingerprint density at radius 1 is 0.923 bits per heavy atom. The Hall–Kier alpha value is -3.89. The van der Waals surface area contributed by atoms with Crippen molar-refractivity contribution in [3.8, 4) is 0 Å². The number of rotatable bonds is 6. The second kappa shape index (κ2) is 20.1. The van der Waals surface area contributed by atoms with Gasteiger partial charge in [-0.05, 0) is 50.2 Å². The van der Waals surface area contributed by atoms with Crippen LogP contribution in [0.15, 0.2) is 87.0 Å². The zero-order valence-corrected chi connectivity index (χ0v) is 23.2. The van der Waals surface area contributed by atoms with Gasteiger partial charge in [0.1, 0.15) is 0 Å². The third-order valence-electron chi connectivity index (χ3n) is 4.86. The van der Waals surface area contributed by atoms with Crippen LogP contribution >= 0.6 is 0 Å². The Labute approximate surface area is 236 Å². The van der Waals surface area contributed by atoms with Crippen LogP contribution in [0.3, 0.4) is 0 Å².